The Kier molecular flexibility index (Phi) is 4.57. The van der Waals surface area contributed by atoms with Gasteiger partial charge < -0.3 is 15.2 Å². The molecular weight excluding hydrogens is 234 g/mol. The lowest BCUT2D eigenvalue weighted by Crippen LogP contribution is -2.22. The highest BCUT2D eigenvalue weighted by Crippen LogP contribution is 2.26. The number of rotatable bonds is 5. The second-order valence-electron chi connectivity index (χ2n) is 4.26. The van der Waals surface area contributed by atoms with E-state index in [-0.39, 0.29) is 0 Å². The molecule has 0 aliphatic carbocycles. The van der Waals surface area contributed by atoms with Crippen LogP contribution in [0.2, 0.25) is 0 Å². The van der Waals surface area contributed by atoms with E-state index in [0.29, 0.717) is 12.3 Å². The lowest BCUT2D eigenvalue weighted by atomic mass is 10.2. The third-order valence-electron chi connectivity index (χ3n) is 3.00. The summed E-state index contributed by atoms with van der Waals surface area (Å²) in [7, 11) is 1.64. The van der Waals surface area contributed by atoms with Crippen LogP contribution in [0.3, 0.4) is 0 Å². The molecule has 1 fully saturated rings. The van der Waals surface area contributed by atoms with E-state index in [2.05, 4.69) is 5.32 Å². The van der Waals surface area contributed by atoms with Gasteiger partial charge in [-0.05, 0) is 36.8 Å². The fraction of sp³-hybridized carbons (Fsp3) is 0.538. The Morgan fingerprint density at radius 2 is 2.41 bits per heavy atom. The Hall–Kier alpha value is -0.870. The van der Waals surface area contributed by atoms with Gasteiger partial charge in [0.15, 0.2) is 0 Å². The first-order chi connectivity index (χ1) is 8.29. The van der Waals surface area contributed by atoms with Crippen molar-refractivity contribution < 1.29 is 9.84 Å². The summed E-state index contributed by atoms with van der Waals surface area (Å²) in [6, 6.07) is 5.33. The summed E-state index contributed by atoms with van der Waals surface area (Å²) in [4.78, 5) is 0. The maximum atomic E-state index is 9.72. The topological polar surface area (TPSA) is 41.5 Å². The molecule has 3 nitrogen and oxygen atoms in total. The van der Waals surface area contributed by atoms with Crippen molar-refractivity contribution in [1.29, 1.82) is 0 Å². The molecule has 1 aromatic rings. The van der Waals surface area contributed by atoms with Gasteiger partial charge in [-0.25, -0.2) is 0 Å². The van der Waals surface area contributed by atoms with Gasteiger partial charge in [0.05, 0.1) is 7.11 Å². The zero-order chi connectivity index (χ0) is 12.1. The third-order valence-corrected chi connectivity index (χ3v) is 4.40. The minimum Gasteiger partial charge on any atom is -0.508 e. The van der Waals surface area contributed by atoms with Crippen LogP contribution in [0.25, 0.3) is 0 Å². The smallest absolute Gasteiger partial charge is 0.120 e. The first kappa shape index (κ1) is 12.6. The van der Waals surface area contributed by atoms with Crippen molar-refractivity contribution in [3.63, 3.8) is 0 Å². The van der Waals surface area contributed by atoms with Gasteiger partial charge in [0.1, 0.15) is 11.5 Å². The summed E-state index contributed by atoms with van der Waals surface area (Å²) in [5, 5.41) is 13.9. The fourth-order valence-corrected chi connectivity index (χ4v) is 3.24. The molecule has 4 heteroatoms. The predicted octanol–water partition coefficient (Wildman–Crippen LogP) is 2.39. The normalized spacial score (nSPS) is 19.5. The Morgan fingerprint density at radius 1 is 1.53 bits per heavy atom. The van der Waals surface area contributed by atoms with E-state index in [1.807, 2.05) is 17.8 Å². The molecule has 1 atom stereocenters. The molecule has 0 saturated carbocycles. The van der Waals surface area contributed by atoms with Crippen LogP contribution in [0.15, 0.2) is 18.2 Å². The molecule has 1 aromatic carbocycles. The molecule has 2 rings (SSSR count). The quantitative estimate of drug-likeness (QED) is 0.845. The molecule has 94 valence electrons. The van der Waals surface area contributed by atoms with Gasteiger partial charge in [-0.2, -0.15) is 11.8 Å². The van der Waals surface area contributed by atoms with Crippen molar-refractivity contribution in [3.05, 3.63) is 23.8 Å². The van der Waals surface area contributed by atoms with Crippen LogP contribution in [-0.4, -0.2) is 29.8 Å². The van der Waals surface area contributed by atoms with Crippen LogP contribution in [0.1, 0.15) is 18.4 Å². The lowest BCUT2D eigenvalue weighted by molar-refractivity contribution is 0.410. The average Bonchev–Trinajstić information content (AvgIpc) is 2.84. The molecule has 1 unspecified atom stereocenters. The SMILES string of the molecule is COc1ccc(O)c(CNCC2CCCS2)c1. The highest BCUT2D eigenvalue weighted by atomic mass is 32.2. The molecule has 0 spiro atoms. The molecule has 0 aromatic heterocycles. The fourth-order valence-electron chi connectivity index (χ4n) is 2.00. The number of thioether (sulfide) groups is 1. The maximum absolute atomic E-state index is 9.72. The van der Waals surface area contributed by atoms with Gasteiger partial charge >= 0.3 is 0 Å². The predicted molar refractivity (Wildman–Crippen MR) is 71.8 cm³/mol. The molecule has 1 aliphatic rings. The number of hydrogen-bond acceptors (Lipinski definition) is 4. The van der Waals surface area contributed by atoms with Crippen molar-refractivity contribution in [3.8, 4) is 11.5 Å². The molecule has 1 aliphatic heterocycles. The van der Waals surface area contributed by atoms with Gasteiger partial charge in [-0.3, -0.25) is 0 Å². The summed E-state index contributed by atoms with van der Waals surface area (Å²) in [5.74, 6) is 2.41. The third kappa shape index (κ3) is 3.54. The van der Waals surface area contributed by atoms with E-state index in [1.165, 1.54) is 18.6 Å². The number of aromatic hydroxyl groups is 1. The van der Waals surface area contributed by atoms with Crippen LogP contribution in [-0.2, 0) is 6.54 Å². The van der Waals surface area contributed by atoms with Crippen LogP contribution >= 0.6 is 11.8 Å². The Bertz CT molecular complexity index is 364. The van der Waals surface area contributed by atoms with E-state index in [4.69, 9.17) is 4.74 Å². The molecule has 0 radical (unpaired) electrons. The summed E-state index contributed by atoms with van der Waals surface area (Å²) < 4.78 is 5.15. The summed E-state index contributed by atoms with van der Waals surface area (Å²) in [5.41, 5.74) is 0.896. The van der Waals surface area contributed by atoms with Gasteiger partial charge in [-0.15, -0.1) is 0 Å². The van der Waals surface area contributed by atoms with Gasteiger partial charge in [-0.1, -0.05) is 0 Å². The minimum atomic E-state index is 0.331. The maximum Gasteiger partial charge on any atom is 0.120 e. The number of nitrogens with one attached hydrogen (secondary N) is 1. The van der Waals surface area contributed by atoms with Crippen LogP contribution in [0.4, 0.5) is 0 Å². The van der Waals surface area contributed by atoms with E-state index < -0.39 is 0 Å². The number of phenolic OH excluding ortho intramolecular Hbond substituents is 1. The first-order valence-corrected chi connectivity index (χ1v) is 7.02. The van der Waals surface area contributed by atoms with Crippen molar-refractivity contribution in [2.24, 2.45) is 0 Å². The molecule has 0 amide bonds. The Labute approximate surface area is 107 Å². The highest BCUT2D eigenvalue weighted by molar-refractivity contribution is 8.00. The summed E-state index contributed by atoms with van der Waals surface area (Å²) in [6.07, 6.45) is 2.64. The number of phenols is 1. The summed E-state index contributed by atoms with van der Waals surface area (Å²) in [6.45, 7) is 1.71. The molecule has 2 N–H and O–H groups in total. The first-order valence-electron chi connectivity index (χ1n) is 5.98. The van der Waals surface area contributed by atoms with E-state index in [1.54, 1.807) is 19.2 Å². The summed E-state index contributed by atoms with van der Waals surface area (Å²) >= 11 is 2.04. The monoisotopic (exact) mass is 253 g/mol. The molecule has 0 bridgehead atoms. The number of ether oxygens (including phenoxy) is 1. The van der Waals surface area contributed by atoms with Crippen LogP contribution in [0, 0.1) is 0 Å². The highest BCUT2D eigenvalue weighted by Gasteiger charge is 2.14. The number of methoxy groups -OCH3 is 1. The van der Waals surface area contributed by atoms with Crippen LogP contribution in [0.5, 0.6) is 11.5 Å². The van der Waals surface area contributed by atoms with Gasteiger partial charge in [0, 0.05) is 23.9 Å². The number of hydrogen-bond donors (Lipinski definition) is 2. The largest absolute Gasteiger partial charge is 0.508 e. The lowest BCUT2D eigenvalue weighted by Gasteiger charge is -2.11. The zero-order valence-corrected chi connectivity index (χ0v) is 10.9. The Balaban J connectivity index is 1.84. The molecule has 1 saturated heterocycles. The molecular formula is C13H19NO2S. The van der Waals surface area contributed by atoms with Crippen molar-refractivity contribution in [1.82, 2.24) is 5.32 Å². The van der Waals surface area contributed by atoms with E-state index in [9.17, 15) is 5.11 Å². The Morgan fingerprint density at radius 3 is 3.12 bits per heavy atom. The second-order valence-corrected chi connectivity index (χ2v) is 5.67. The van der Waals surface area contributed by atoms with Gasteiger partial charge in [0.25, 0.3) is 0 Å². The standard InChI is InChI=1S/C13H19NO2S/c1-16-11-4-5-13(15)10(7-11)8-14-9-12-3-2-6-17-12/h4-5,7,12,14-15H,2-3,6,8-9H2,1H3. The molecule has 1 heterocycles. The van der Waals surface area contributed by atoms with E-state index >= 15 is 0 Å². The van der Waals surface area contributed by atoms with Crippen LogP contribution < -0.4 is 10.1 Å². The van der Waals surface area contributed by atoms with E-state index in [0.717, 1.165) is 23.1 Å². The van der Waals surface area contributed by atoms with Crippen molar-refractivity contribution in [2.45, 2.75) is 24.6 Å². The second kappa shape index (κ2) is 6.17. The molecule has 17 heavy (non-hydrogen) atoms. The average molecular weight is 253 g/mol. The minimum absolute atomic E-state index is 0.331. The van der Waals surface area contributed by atoms with Gasteiger partial charge in [0.2, 0.25) is 0 Å². The number of benzene rings is 1. The van der Waals surface area contributed by atoms with Crippen molar-refractivity contribution >= 4 is 11.8 Å². The zero-order valence-electron chi connectivity index (χ0n) is 10.1. The van der Waals surface area contributed by atoms with Crippen molar-refractivity contribution in [2.75, 3.05) is 19.4 Å².